The van der Waals surface area contributed by atoms with Crippen LogP contribution in [-0.2, 0) is 16.6 Å². The third kappa shape index (κ3) is 3.49. The number of hydrogen-bond acceptors (Lipinski definition) is 5. The molecule has 0 amide bonds. The predicted octanol–water partition coefficient (Wildman–Crippen LogP) is 2.26. The number of nitrogens with one attached hydrogen (secondary N) is 1. The molecule has 1 atom stereocenters. The molecule has 0 saturated carbocycles. The van der Waals surface area contributed by atoms with Crippen LogP contribution in [0.1, 0.15) is 34.7 Å². The highest BCUT2D eigenvalue weighted by Crippen LogP contribution is 2.23. The van der Waals surface area contributed by atoms with Crippen LogP contribution in [0.25, 0.3) is 0 Å². The number of sulfonamides is 1. The summed E-state index contributed by atoms with van der Waals surface area (Å²) in [5.41, 5.74) is 8.22. The molecule has 0 spiro atoms. The molecule has 0 fully saturated rings. The molecule has 5 nitrogen and oxygen atoms in total. The molecule has 0 aliphatic rings. The Bertz CT molecular complexity index is 725. The zero-order valence-corrected chi connectivity index (χ0v) is 13.9. The van der Waals surface area contributed by atoms with Gasteiger partial charge in [0.1, 0.15) is 5.01 Å². The van der Waals surface area contributed by atoms with E-state index in [0.717, 1.165) is 16.1 Å². The maximum atomic E-state index is 12.6. The lowest BCUT2D eigenvalue weighted by Gasteiger charge is -2.15. The highest BCUT2D eigenvalue weighted by atomic mass is 32.2. The molecule has 1 heterocycles. The summed E-state index contributed by atoms with van der Waals surface area (Å²) in [6.07, 6.45) is 1.66. The molecule has 1 unspecified atom stereocenters. The molecule has 0 aliphatic heterocycles. The summed E-state index contributed by atoms with van der Waals surface area (Å²) >= 11 is 1.42. The second kappa shape index (κ2) is 6.23. The number of aryl methyl sites for hydroxylation is 2. The molecular weight excluding hydrogens is 306 g/mol. The second-order valence-corrected chi connectivity index (χ2v) is 7.57. The number of rotatable bonds is 5. The third-order valence-electron chi connectivity index (χ3n) is 3.30. The largest absolute Gasteiger partial charge is 0.326 e. The van der Waals surface area contributed by atoms with Crippen molar-refractivity contribution in [2.24, 2.45) is 5.73 Å². The van der Waals surface area contributed by atoms with Crippen molar-refractivity contribution in [3.8, 4) is 0 Å². The lowest BCUT2D eigenvalue weighted by molar-refractivity contribution is 0.565. The highest BCUT2D eigenvalue weighted by molar-refractivity contribution is 7.89. The van der Waals surface area contributed by atoms with Gasteiger partial charge in [0.2, 0.25) is 10.0 Å². The van der Waals surface area contributed by atoms with E-state index in [1.165, 1.54) is 11.3 Å². The first-order chi connectivity index (χ1) is 9.85. The Morgan fingerprint density at radius 3 is 2.62 bits per heavy atom. The van der Waals surface area contributed by atoms with Crippen molar-refractivity contribution in [3.05, 3.63) is 45.4 Å². The maximum Gasteiger partial charge on any atom is 0.241 e. The van der Waals surface area contributed by atoms with Crippen molar-refractivity contribution < 1.29 is 8.42 Å². The van der Waals surface area contributed by atoms with E-state index < -0.39 is 10.0 Å². The molecule has 0 bridgehead atoms. The van der Waals surface area contributed by atoms with Crippen LogP contribution < -0.4 is 10.5 Å². The molecule has 0 saturated heterocycles. The molecule has 2 aromatic rings. The topological polar surface area (TPSA) is 85.1 Å². The predicted molar refractivity (Wildman–Crippen MR) is 84.7 cm³/mol. The van der Waals surface area contributed by atoms with Crippen LogP contribution >= 0.6 is 11.3 Å². The number of nitrogens with zero attached hydrogens (tertiary/aromatic N) is 1. The maximum absolute atomic E-state index is 12.6. The average Bonchev–Trinajstić information content (AvgIpc) is 2.91. The van der Waals surface area contributed by atoms with Gasteiger partial charge in [-0.15, -0.1) is 11.3 Å². The monoisotopic (exact) mass is 325 g/mol. The summed E-state index contributed by atoms with van der Waals surface area (Å²) in [6.45, 7) is 5.81. The van der Waals surface area contributed by atoms with Gasteiger partial charge < -0.3 is 5.73 Å². The molecule has 0 aliphatic carbocycles. The van der Waals surface area contributed by atoms with Crippen molar-refractivity contribution in [2.75, 3.05) is 0 Å². The van der Waals surface area contributed by atoms with E-state index in [2.05, 4.69) is 9.71 Å². The van der Waals surface area contributed by atoms with Crippen molar-refractivity contribution >= 4 is 21.4 Å². The standard InChI is InChI=1S/C14H19N3O2S2/c1-9-6-10(2)13(7-12(9)8-15)21(18,19)17-11(3)14-16-4-5-20-14/h4-7,11,17H,8,15H2,1-3H3. The summed E-state index contributed by atoms with van der Waals surface area (Å²) < 4.78 is 27.8. The van der Waals surface area contributed by atoms with Gasteiger partial charge in [-0.3, -0.25) is 0 Å². The van der Waals surface area contributed by atoms with E-state index in [1.807, 2.05) is 18.4 Å². The van der Waals surface area contributed by atoms with Gasteiger partial charge >= 0.3 is 0 Å². The molecule has 2 rings (SSSR count). The molecule has 1 aromatic carbocycles. The molecule has 21 heavy (non-hydrogen) atoms. The first-order valence-electron chi connectivity index (χ1n) is 6.57. The van der Waals surface area contributed by atoms with Gasteiger partial charge in [-0.2, -0.15) is 0 Å². The van der Waals surface area contributed by atoms with E-state index in [4.69, 9.17) is 5.73 Å². The Balaban J connectivity index is 2.36. The van der Waals surface area contributed by atoms with Crippen molar-refractivity contribution in [1.29, 1.82) is 0 Å². The lowest BCUT2D eigenvalue weighted by Crippen LogP contribution is -2.27. The van der Waals surface area contributed by atoms with Crippen molar-refractivity contribution in [3.63, 3.8) is 0 Å². The van der Waals surface area contributed by atoms with Crippen LogP contribution in [-0.4, -0.2) is 13.4 Å². The fourth-order valence-electron chi connectivity index (χ4n) is 2.18. The van der Waals surface area contributed by atoms with Gasteiger partial charge in [0.25, 0.3) is 0 Å². The average molecular weight is 325 g/mol. The minimum atomic E-state index is -3.60. The van der Waals surface area contributed by atoms with E-state index in [1.54, 1.807) is 26.1 Å². The lowest BCUT2D eigenvalue weighted by atomic mass is 10.1. The fraction of sp³-hybridized carbons (Fsp3) is 0.357. The summed E-state index contributed by atoms with van der Waals surface area (Å²) in [6, 6.07) is 3.14. The van der Waals surface area contributed by atoms with Crippen LogP contribution in [0.5, 0.6) is 0 Å². The Kier molecular flexibility index (Phi) is 4.77. The molecule has 0 radical (unpaired) electrons. The van der Waals surface area contributed by atoms with Gasteiger partial charge in [0.15, 0.2) is 0 Å². The van der Waals surface area contributed by atoms with E-state index in [9.17, 15) is 8.42 Å². The van der Waals surface area contributed by atoms with Crippen LogP contribution in [0.15, 0.2) is 28.6 Å². The zero-order chi connectivity index (χ0) is 15.6. The van der Waals surface area contributed by atoms with Gasteiger partial charge in [-0.05, 0) is 43.5 Å². The van der Waals surface area contributed by atoms with Crippen LogP contribution in [0.4, 0.5) is 0 Å². The van der Waals surface area contributed by atoms with E-state index in [-0.39, 0.29) is 10.9 Å². The van der Waals surface area contributed by atoms with E-state index in [0.29, 0.717) is 12.1 Å². The number of benzene rings is 1. The minimum absolute atomic E-state index is 0.275. The number of thiazole rings is 1. The summed E-state index contributed by atoms with van der Waals surface area (Å²) in [4.78, 5) is 4.41. The first-order valence-corrected chi connectivity index (χ1v) is 8.93. The number of nitrogens with two attached hydrogens (primary N) is 1. The molecule has 1 aromatic heterocycles. The second-order valence-electron chi connectivity index (χ2n) is 4.96. The highest BCUT2D eigenvalue weighted by Gasteiger charge is 2.22. The van der Waals surface area contributed by atoms with Crippen LogP contribution in [0.3, 0.4) is 0 Å². The zero-order valence-electron chi connectivity index (χ0n) is 12.3. The number of hydrogen-bond donors (Lipinski definition) is 2. The molecule has 7 heteroatoms. The Morgan fingerprint density at radius 2 is 2.05 bits per heavy atom. The van der Waals surface area contributed by atoms with Crippen molar-refractivity contribution in [2.45, 2.75) is 38.3 Å². The minimum Gasteiger partial charge on any atom is -0.326 e. The summed E-state index contributed by atoms with van der Waals surface area (Å²) in [5, 5.41) is 2.56. The molecule has 114 valence electrons. The fourth-order valence-corrected chi connectivity index (χ4v) is 4.38. The molecular formula is C14H19N3O2S2. The van der Waals surface area contributed by atoms with Crippen LogP contribution in [0.2, 0.25) is 0 Å². The van der Waals surface area contributed by atoms with Gasteiger partial charge in [-0.25, -0.2) is 18.1 Å². The van der Waals surface area contributed by atoms with Gasteiger partial charge in [0, 0.05) is 18.1 Å². The van der Waals surface area contributed by atoms with E-state index >= 15 is 0 Å². The van der Waals surface area contributed by atoms with Crippen molar-refractivity contribution in [1.82, 2.24) is 9.71 Å². The van der Waals surface area contributed by atoms with Gasteiger partial charge in [-0.1, -0.05) is 6.07 Å². The quantitative estimate of drug-likeness (QED) is 0.883. The third-order valence-corrected chi connectivity index (χ3v) is 5.94. The van der Waals surface area contributed by atoms with Crippen LogP contribution in [0, 0.1) is 13.8 Å². The summed E-state index contributed by atoms with van der Waals surface area (Å²) in [7, 11) is -3.60. The number of aromatic nitrogens is 1. The SMILES string of the molecule is Cc1cc(C)c(S(=O)(=O)NC(C)c2nccs2)cc1CN. The molecule has 3 N–H and O–H groups in total. The Hall–Kier alpha value is -1.28. The normalized spacial score (nSPS) is 13.3. The Labute approximate surface area is 129 Å². The first kappa shape index (κ1) is 16.1. The smallest absolute Gasteiger partial charge is 0.241 e. The Morgan fingerprint density at radius 1 is 1.33 bits per heavy atom. The summed E-state index contributed by atoms with van der Waals surface area (Å²) in [5.74, 6) is 0. The van der Waals surface area contributed by atoms with Gasteiger partial charge in [0.05, 0.1) is 10.9 Å².